The van der Waals surface area contributed by atoms with Crippen molar-refractivity contribution in [2.75, 3.05) is 12.4 Å². The summed E-state index contributed by atoms with van der Waals surface area (Å²) >= 11 is 0. The van der Waals surface area contributed by atoms with Crippen LogP contribution in [0.1, 0.15) is 63.8 Å². The molecule has 0 heterocycles. The quantitative estimate of drug-likeness (QED) is 0.215. The second-order valence-corrected chi connectivity index (χ2v) is 11.7. The van der Waals surface area contributed by atoms with Crippen molar-refractivity contribution >= 4 is 23.6 Å². The number of alkyl carbamates (subject to hydrolysis) is 1. The number of nitrogens with one attached hydrogen (secondary N) is 2. The minimum atomic E-state index is -1.12. The number of phenols is 2. The van der Waals surface area contributed by atoms with E-state index in [-0.39, 0.29) is 17.9 Å². The number of carbonyl (C=O) groups excluding carboxylic acids is 3. The van der Waals surface area contributed by atoms with Crippen molar-refractivity contribution in [2.24, 2.45) is 0 Å². The summed E-state index contributed by atoms with van der Waals surface area (Å²) in [5, 5.41) is 25.7. The minimum absolute atomic E-state index is 0.0567. The lowest BCUT2D eigenvalue weighted by Gasteiger charge is -2.38. The lowest BCUT2D eigenvalue weighted by molar-refractivity contribution is -0.143. The van der Waals surface area contributed by atoms with Crippen molar-refractivity contribution in [2.45, 2.75) is 78.1 Å². The van der Waals surface area contributed by atoms with Crippen molar-refractivity contribution in [3.05, 3.63) is 83.4 Å². The van der Waals surface area contributed by atoms with Crippen LogP contribution in [0.2, 0.25) is 0 Å². The highest BCUT2D eigenvalue weighted by atomic mass is 16.6. The maximum atomic E-state index is 14.6. The Morgan fingerprint density at radius 1 is 0.955 bits per heavy atom. The maximum Gasteiger partial charge on any atom is 0.408 e. The molecule has 44 heavy (non-hydrogen) atoms. The number of carbonyl (C=O) groups is 3. The Balaban J connectivity index is 2.10. The van der Waals surface area contributed by atoms with Gasteiger partial charge >= 0.3 is 6.09 Å². The zero-order chi connectivity index (χ0) is 32.6. The van der Waals surface area contributed by atoms with Gasteiger partial charge in [-0.2, -0.15) is 0 Å². The number of benzene rings is 3. The third-order valence-electron chi connectivity index (χ3n) is 7.11. The van der Waals surface area contributed by atoms with Crippen LogP contribution in [-0.4, -0.2) is 57.8 Å². The van der Waals surface area contributed by atoms with Gasteiger partial charge in [-0.25, -0.2) is 4.79 Å². The van der Waals surface area contributed by atoms with E-state index in [1.165, 1.54) is 23.1 Å². The van der Waals surface area contributed by atoms with E-state index in [2.05, 4.69) is 10.6 Å². The van der Waals surface area contributed by atoms with E-state index in [9.17, 15) is 24.6 Å². The third kappa shape index (κ3) is 9.13. The van der Waals surface area contributed by atoms with Gasteiger partial charge in [0, 0.05) is 18.2 Å². The summed E-state index contributed by atoms with van der Waals surface area (Å²) in [7, 11) is 1.55. The van der Waals surface area contributed by atoms with Crippen LogP contribution < -0.4 is 15.4 Å². The molecule has 0 spiro atoms. The van der Waals surface area contributed by atoms with Crippen LogP contribution in [0.25, 0.3) is 0 Å². The normalized spacial score (nSPS) is 13.2. The molecule has 3 rings (SSSR count). The predicted molar refractivity (Wildman–Crippen MR) is 169 cm³/mol. The molecular formula is C34H43N3O7. The van der Waals surface area contributed by atoms with Crippen molar-refractivity contribution in [1.82, 2.24) is 10.2 Å². The molecule has 10 heteroatoms. The fourth-order valence-corrected chi connectivity index (χ4v) is 4.67. The molecule has 4 N–H and O–H groups in total. The molecule has 0 aromatic heterocycles. The predicted octanol–water partition coefficient (Wildman–Crippen LogP) is 5.86. The Hall–Kier alpha value is -4.73. The largest absolute Gasteiger partial charge is 0.508 e. The fraction of sp³-hybridized carbons (Fsp3) is 0.382. The number of hydrogen-bond acceptors (Lipinski definition) is 7. The van der Waals surface area contributed by atoms with Gasteiger partial charge in [0.05, 0.1) is 7.11 Å². The summed E-state index contributed by atoms with van der Waals surface area (Å²) in [6, 6.07) is 15.3. The standard InChI is InChI=1S/C34H43N3O7/c1-8-22(3)37(32(41)28(36-33(42)44-34(4,5)6)20-23-9-14-26(38)15-10-23)30(24-11-18-29(39)21(2)19-24)31(40)35-25-12-16-27(43-7)17-13-25/h9-19,22,28,30,38-39H,8,20H2,1-7H3,(H,35,40)(H,36,42). The van der Waals surface area contributed by atoms with Crippen LogP contribution in [0, 0.1) is 6.92 Å². The maximum absolute atomic E-state index is 14.6. The van der Waals surface area contributed by atoms with E-state index in [4.69, 9.17) is 9.47 Å². The Morgan fingerprint density at radius 3 is 2.14 bits per heavy atom. The van der Waals surface area contributed by atoms with Crippen LogP contribution in [0.5, 0.6) is 17.2 Å². The number of rotatable bonds is 11. The van der Waals surface area contributed by atoms with Crippen molar-refractivity contribution in [1.29, 1.82) is 0 Å². The minimum Gasteiger partial charge on any atom is -0.508 e. The van der Waals surface area contributed by atoms with Crippen molar-refractivity contribution in [3.8, 4) is 17.2 Å². The highest BCUT2D eigenvalue weighted by Crippen LogP contribution is 2.31. The number of phenolic OH excluding ortho intramolecular Hbond substituents is 2. The van der Waals surface area contributed by atoms with E-state index < -0.39 is 41.6 Å². The molecule has 3 unspecified atom stereocenters. The average Bonchev–Trinajstić information content (AvgIpc) is 2.96. The second kappa shape index (κ2) is 14.6. The highest BCUT2D eigenvalue weighted by Gasteiger charge is 2.39. The molecule has 236 valence electrons. The fourth-order valence-electron chi connectivity index (χ4n) is 4.67. The summed E-state index contributed by atoms with van der Waals surface area (Å²) in [4.78, 5) is 43.2. The van der Waals surface area contributed by atoms with Gasteiger partial charge in [-0.15, -0.1) is 0 Å². The molecule has 0 radical (unpaired) electrons. The summed E-state index contributed by atoms with van der Waals surface area (Å²) < 4.78 is 10.7. The number of aryl methyl sites for hydroxylation is 1. The lowest BCUT2D eigenvalue weighted by atomic mass is 9.96. The number of amides is 3. The molecule has 3 aromatic rings. The average molecular weight is 606 g/mol. The molecule has 3 amide bonds. The van der Waals surface area contributed by atoms with Crippen LogP contribution in [0.4, 0.5) is 10.5 Å². The molecule has 3 aromatic carbocycles. The Kier molecular flexibility index (Phi) is 11.2. The number of anilines is 1. The van der Waals surface area contributed by atoms with Gasteiger partial charge in [0.25, 0.3) is 5.91 Å². The van der Waals surface area contributed by atoms with Gasteiger partial charge in [-0.05, 0) is 106 Å². The highest BCUT2D eigenvalue weighted by molar-refractivity contribution is 5.99. The van der Waals surface area contributed by atoms with Crippen molar-refractivity contribution in [3.63, 3.8) is 0 Å². The Morgan fingerprint density at radius 2 is 1.59 bits per heavy atom. The first-order valence-electron chi connectivity index (χ1n) is 14.6. The molecule has 0 aliphatic carbocycles. The van der Waals surface area contributed by atoms with Crippen molar-refractivity contribution < 1.29 is 34.1 Å². The topological polar surface area (TPSA) is 137 Å². The molecule has 0 fully saturated rings. The molecule has 0 saturated carbocycles. The first kappa shape index (κ1) is 33.8. The molecule has 0 bridgehead atoms. The molecule has 0 aliphatic heterocycles. The molecule has 0 saturated heterocycles. The van der Waals surface area contributed by atoms with Gasteiger partial charge in [-0.3, -0.25) is 9.59 Å². The number of hydrogen-bond donors (Lipinski definition) is 4. The van der Waals surface area contributed by atoms with Gasteiger partial charge in [-0.1, -0.05) is 25.1 Å². The summed E-state index contributed by atoms with van der Waals surface area (Å²) in [5.74, 6) is -0.235. The van der Waals surface area contributed by atoms with Gasteiger partial charge in [0.15, 0.2) is 0 Å². The van der Waals surface area contributed by atoms with Gasteiger partial charge in [0.2, 0.25) is 5.91 Å². The van der Waals surface area contributed by atoms with Crippen LogP contribution in [-0.2, 0) is 20.7 Å². The molecular weight excluding hydrogens is 562 g/mol. The SMILES string of the molecule is CCC(C)N(C(=O)C(Cc1ccc(O)cc1)NC(=O)OC(C)(C)C)C(C(=O)Nc1ccc(OC)cc1)c1ccc(O)c(C)c1. The second-order valence-electron chi connectivity index (χ2n) is 11.7. The monoisotopic (exact) mass is 605 g/mol. The van der Waals surface area contributed by atoms with E-state index in [1.54, 1.807) is 83.3 Å². The summed E-state index contributed by atoms with van der Waals surface area (Å²) in [5.41, 5.74) is 1.40. The van der Waals surface area contributed by atoms with Crippen LogP contribution in [0.3, 0.4) is 0 Å². The number of aromatic hydroxyl groups is 2. The smallest absolute Gasteiger partial charge is 0.408 e. The van der Waals surface area contributed by atoms with E-state index in [0.717, 1.165) is 0 Å². The molecule has 10 nitrogen and oxygen atoms in total. The number of ether oxygens (including phenoxy) is 2. The summed E-state index contributed by atoms with van der Waals surface area (Å²) in [6.45, 7) is 10.6. The van der Waals surface area contributed by atoms with E-state index in [1.807, 2.05) is 13.8 Å². The Bertz CT molecular complexity index is 1430. The zero-order valence-electron chi connectivity index (χ0n) is 26.4. The first-order valence-corrected chi connectivity index (χ1v) is 14.6. The number of methoxy groups -OCH3 is 1. The van der Waals surface area contributed by atoms with Gasteiger partial charge < -0.3 is 35.2 Å². The number of nitrogens with zero attached hydrogens (tertiary/aromatic N) is 1. The zero-order valence-corrected chi connectivity index (χ0v) is 26.4. The van der Waals surface area contributed by atoms with E-state index >= 15 is 0 Å². The first-order chi connectivity index (χ1) is 20.7. The third-order valence-corrected chi connectivity index (χ3v) is 7.11. The summed E-state index contributed by atoms with van der Waals surface area (Å²) in [6.07, 6.45) is -0.196. The lowest BCUT2D eigenvalue weighted by Crippen LogP contribution is -2.55. The molecule has 0 aliphatic rings. The molecule has 3 atom stereocenters. The van der Waals surface area contributed by atoms with Crippen LogP contribution in [0.15, 0.2) is 66.7 Å². The van der Waals surface area contributed by atoms with E-state index in [0.29, 0.717) is 34.5 Å². The van der Waals surface area contributed by atoms with Crippen LogP contribution >= 0.6 is 0 Å². The van der Waals surface area contributed by atoms with Gasteiger partial charge in [0.1, 0.15) is 34.9 Å². The Labute approximate surface area is 259 Å².